The van der Waals surface area contributed by atoms with E-state index in [1.165, 1.54) is 15.5 Å². The van der Waals surface area contributed by atoms with Gasteiger partial charge < -0.3 is 10.0 Å². The fourth-order valence-electron chi connectivity index (χ4n) is 2.71. The molecule has 0 bridgehead atoms. The van der Waals surface area contributed by atoms with Crippen LogP contribution < -0.4 is 5.56 Å². The zero-order valence-corrected chi connectivity index (χ0v) is 11.8. The number of carboxylic acids is 1. The van der Waals surface area contributed by atoms with Crippen LogP contribution in [0.2, 0.25) is 0 Å². The van der Waals surface area contributed by atoms with Crippen molar-refractivity contribution in [2.24, 2.45) is 5.92 Å². The van der Waals surface area contributed by atoms with E-state index in [9.17, 15) is 14.4 Å². The van der Waals surface area contributed by atoms with Crippen LogP contribution in [0.3, 0.4) is 0 Å². The lowest BCUT2D eigenvalue weighted by Crippen LogP contribution is -2.44. The number of rotatable bonds is 2. The van der Waals surface area contributed by atoms with Crippen molar-refractivity contribution in [3.63, 3.8) is 0 Å². The number of pyridine rings is 1. The monoisotopic (exact) mass is 301 g/mol. The Morgan fingerprint density at radius 1 is 1.32 bits per heavy atom. The number of carboxylic acid groups (broad SMARTS) is 1. The molecule has 0 saturated carbocycles. The molecule has 1 saturated heterocycles. The minimum Gasteiger partial charge on any atom is -0.481 e. The topological polar surface area (TPSA) is 92.0 Å². The lowest BCUT2D eigenvalue weighted by atomic mass is 9.98. The summed E-state index contributed by atoms with van der Waals surface area (Å²) in [4.78, 5) is 41.5. The van der Waals surface area contributed by atoms with Crippen molar-refractivity contribution in [1.29, 1.82) is 0 Å². The first-order chi connectivity index (χ1) is 10.6. The molecule has 3 heterocycles. The van der Waals surface area contributed by atoms with Gasteiger partial charge in [-0.2, -0.15) is 0 Å². The van der Waals surface area contributed by atoms with Crippen LogP contribution in [0.1, 0.15) is 23.2 Å². The van der Waals surface area contributed by atoms with Crippen LogP contribution in [0.5, 0.6) is 0 Å². The normalized spacial score (nSPS) is 18.4. The maximum atomic E-state index is 12.5. The highest BCUT2D eigenvalue weighted by Gasteiger charge is 2.29. The number of likely N-dealkylation sites (tertiary alicyclic amines) is 1. The number of aromatic nitrogens is 2. The molecular formula is C15H15N3O4. The van der Waals surface area contributed by atoms with Gasteiger partial charge in [-0.3, -0.25) is 18.8 Å². The van der Waals surface area contributed by atoms with Crippen LogP contribution in [-0.4, -0.2) is 44.4 Å². The fraction of sp³-hybridized carbons (Fsp3) is 0.333. The summed E-state index contributed by atoms with van der Waals surface area (Å²) in [5.74, 6) is -1.94. The first-order valence-corrected chi connectivity index (χ1v) is 7.06. The molecule has 1 aliphatic rings. The molecule has 1 aliphatic heterocycles. The smallest absolute Gasteiger partial charge is 0.308 e. The molecule has 1 N–H and O–H groups in total. The zero-order chi connectivity index (χ0) is 15.7. The van der Waals surface area contributed by atoms with Crippen LogP contribution >= 0.6 is 0 Å². The maximum Gasteiger partial charge on any atom is 0.308 e. The Bertz CT molecular complexity index is 799. The molecule has 1 amide bonds. The van der Waals surface area contributed by atoms with Gasteiger partial charge in [0.05, 0.1) is 5.92 Å². The van der Waals surface area contributed by atoms with Gasteiger partial charge in [-0.05, 0) is 25.0 Å². The second-order valence-corrected chi connectivity index (χ2v) is 5.33. The number of piperidine rings is 1. The van der Waals surface area contributed by atoms with Crippen molar-refractivity contribution in [2.75, 3.05) is 13.1 Å². The Labute approximate surface area is 125 Å². The third-order valence-corrected chi connectivity index (χ3v) is 3.90. The summed E-state index contributed by atoms with van der Waals surface area (Å²) in [6, 6.07) is 5.12. The average molecular weight is 301 g/mol. The Balaban J connectivity index is 1.94. The van der Waals surface area contributed by atoms with E-state index in [1.54, 1.807) is 24.4 Å². The second-order valence-electron chi connectivity index (χ2n) is 5.33. The van der Waals surface area contributed by atoms with Crippen molar-refractivity contribution in [3.05, 3.63) is 46.5 Å². The van der Waals surface area contributed by atoms with Crippen LogP contribution in [0.4, 0.5) is 0 Å². The summed E-state index contributed by atoms with van der Waals surface area (Å²) in [5.41, 5.74) is -0.00565. The molecule has 2 aromatic rings. The van der Waals surface area contributed by atoms with E-state index in [1.807, 2.05) is 0 Å². The highest BCUT2D eigenvalue weighted by atomic mass is 16.4. The highest BCUT2D eigenvalue weighted by Crippen LogP contribution is 2.18. The van der Waals surface area contributed by atoms with E-state index >= 15 is 0 Å². The largest absolute Gasteiger partial charge is 0.481 e. The molecule has 0 unspecified atom stereocenters. The standard InChI is InChI=1S/C15H15N3O4/c19-13(17-6-3-4-10(9-17)15(21)22)11-8-16-12-5-1-2-7-18(12)14(11)20/h1-2,5,7-8,10H,3-4,6,9H2,(H,21,22)/t10-/m0/s1. The van der Waals surface area contributed by atoms with Crippen LogP contribution in [0.25, 0.3) is 5.65 Å². The van der Waals surface area contributed by atoms with E-state index in [2.05, 4.69) is 4.98 Å². The van der Waals surface area contributed by atoms with E-state index in [4.69, 9.17) is 5.11 Å². The molecule has 1 fully saturated rings. The van der Waals surface area contributed by atoms with E-state index < -0.39 is 23.4 Å². The van der Waals surface area contributed by atoms with Gasteiger partial charge >= 0.3 is 5.97 Å². The maximum absolute atomic E-state index is 12.5. The number of hydrogen-bond acceptors (Lipinski definition) is 4. The molecule has 114 valence electrons. The predicted octanol–water partition coefficient (Wildman–Crippen LogP) is 0.631. The van der Waals surface area contributed by atoms with Gasteiger partial charge in [0.25, 0.3) is 11.5 Å². The quantitative estimate of drug-likeness (QED) is 0.878. The SMILES string of the molecule is O=C(O)[C@H]1CCCN(C(=O)c2cnc3ccccn3c2=O)C1. The van der Waals surface area contributed by atoms with E-state index in [0.717, 1.165) is 0 Å². The Hall–Kier alpha value is -2.70. The molecule has 1 atom stereocenters. The number of nitrogens with zero attached hydrogens (tertiary/aromatic N) is 3. The summed E-state index contributed by atoms with van der Waals surface area (Å²) < 4.78 is 1.31. The highest BCUT2D eigenvalue weighted by molar-refractivity contribution is 5.94. The molecular weight excluding hydrogens is 286 g/mol. The van der Waals surface area contributed by atoms with Gasteiger partial charge in [0.2, 0.25) is 0 Å². The molecule has 22 heavy (non-hydrogen) atoms. The molecule has 0 aliphatic carbocycles. The first kappa shape index (κ1) is 14.2. The number of carbonyl (C=O) groups excluding carboxylic acids is 1. The van der Waals surface area contributed by atoms with Gasteiger partial charge in [0, 0.05) is 25.5 Å². The van der Waals surface area contributed by atoms with Gasteiger partial charge in [0.15, 0.2) is 0 Å². The number of carbonyl (C=O) groups is 2. The van der Waals surface area contributed by atoms with E-state index in [0.29, 0.717) is 25.0 Å². The summed E-state index contributed by atoms with van der Waals surface area (Å²) in [6.45, 7) is 0.588. The lowest BCUT2D eigenvalue weighted by molar-refractivity contribution is -0.143. The molecule has 2 aromatic heterocycles. The van der Waals surface area contributed by atoms with Crippen molar-refractivity contribution in [3.8, 4) is 0 Å². The molecule has 3 rings (SSSR count). The minimum absolute atomic E-state index is 0.0326. The number of hydrogen-bond donors (Lipinski definition) is 1. The second kappa shape index (κ2) is 5.59. The third kappa shape index (κ3) is 2.45. The molecule has 7 heteroatoms. The van der Waals surface area contributed by atoms with Crippen LogP contribution in [0.15, 0.2) is 35.4 Å². The van der Waals surface area contributed by atoms with Crippen molar-refractivity contribution in [2.45, 2.75) is 12.8 Å². The van der Waals surface area contributed by atoms with Crippen LogP contribution in [0, 0.1) is 5.92 Å². The number of aliphatic carboxylic acids is 1. The number of fused-ring (bicyclic) bond motifs is 1. The average Bonchev–Trinajstić information content (AvgIpc) is 2.55. The van der Waals surface area contributed by atoms with Crippen LogP contribution in [-0.2, 0) is 4.79 Å². The van der Waals surface area contributed by atoms with Gasteiger partial charge in [-0.1, -0.05) is 6.07 Å². The lowest BCUT2D eigenvalue weighted by Gasteiger charge is -2.30. The molecule has 7 nitrogen and oxygen atoms in total. The van der Waals surface area contributed by atoms with Gasteiger partial charge in [-0.25, -0.2) is 4.98 Å². The molecule has 0 radical (unpaired) electrons. The fourth-order valence-corrected chi connectivity index (χ4v) is 2.71. The Morgan fingerprint density at radius 3 is 2.91 bits per heavy atom. The van der Waals surface area contributed by atoms with Gasteiger partial charge in [-0.15, -0.1) is 0 Å². The zero-order valence-electron chi connectivity index (χ0n) is 11.8. The van der Waals surface area contributed by atoms with Crippen molar-refractivity contribution < 1.29 is 14.7 Å². The first-order valence-electron chi connectivity index (χ1n) is 7.06. The molecule has 0 aromatic carbocycles. The van der Waals surface area contributed by atoms with Crippen molar-refractivity contribution >= 4 is 17.5 Å². The van der Waals surface area contributed by atoms with Crippen molar-refractivity contribution in [1.82, 2.24) is 14.3 Å². The summed E-state index contributed by atoms with van der Waals surface area (Å²) in [7, 11) is 0. The predicted molar refractivity (Wildman–Crippen MR) is 77.7 cm³/mol. The summed E-state index contributed by atoms with van der Waals surface area (Å²) in [6.07, 6.45) is 3.99. The van der Waals surface area contributed by atoms with E-state index in [-0.39, 0.29) is 12.1 Å². The summed E-state index contributed by atoms with van der Waals surface area (Å²) >= 11 is 0. The van der Waals surface area contributed by atoms with Gasteiger partial charge in [0.1, 0.15) is 11.2 Å². The third-order valence-electron chi connectivity index (χ3n) is 3.90. The Kier molecular flexibility index (Phi) is 3.62. The number of amides is 1. The summed E-state index contributed by atoms with van der Waals surface area (Å²) in [5, 5.41) is 9.09. The Morgan fingerprint density at radius 2 is 2.14 bits per heavy atom. The minimum atomic E-state index is -0.911. The molecule has 0 spiro atoms.